The zero-order valence-corrected chi connectivity index (χ0v) is 29.5. The van der Waals surface area contributed by atoms with Gasteiger partial charge in [0.25, 0.3) is 0 Å². The lowest BCUT2D eigenvalue weighted by atomic mass is 9.91. The minimum Gasteiger partial charge on any atom is -0.256 e. The number of pyridine rings is 1. The Balaban J connectivity index is 0.982. The summed E-state index contributed by atoms with van der Waals surface area (Å²) in [5, 5.41) is 1.24. The van der Waals surface area contributed by atoms with Gasteiger partial charge in [0.1, 0.15) is 0 Å². The van der Waals surface area contributed by atoms with Gasteiger partial charge in [-0.05, 0) is 57.6 Å². The van der Waals surface area contributed by atoms with Gasteiger partial charge in [-0.15, -0.1) is 0 Å². The van der Waals surface area contributed by atoms with Crippen molar-refractivity contribution in [1.29, 1.82) is 0 Å². The minimum atomic E-state index is 0.700. The Morgan fingerprint density at radius 3 is 1.51 bits per heavy atom. The first-order valence-corrected chi connectivity index (χ1v) is 18.6. The van der Waals surface area contributed by atoms with Crippen molar-refractivity contribution in [2.45, 2.75) is 9.79 Å². The van der Waals surface area contributed by atoms with E-state index in [9.17, 15) is 0 Å². The maximum Gasteiger partial charge on any atom is 0.160 e. The third-order valence-corrected chi connectivity index (χ3v) is 11.1. The standard InChI is InChI=1S/C49H31N3S/c1-3-10-32(11-4-1)33-20-26-38(27-21-33)44-30-43(37-12-5-2-6-13-37)51-49(52-44)39-28-22-35(23-29-39)34-18-24-36(25-19-34)41-31-50-42-15-9-17-46-48(42)47(41)40-14-7-8-16-45(40)53-46/h1-31H. The van der Waals surface area contributed by atoms with Crippen molar-refractivity contribution in [3.8, 4) is 78.4 Å². The van der Waals surface area contributed by atoms with Gasteiger partial charge in [0.05, 0.1) is 16.9 Å². The number of nitrogens with zero attached hydrogens (tertiary/aromatic N) is 3. The molecule has 0 saturated carbocycles. The van der Waals surface area contributed by atoms with Crippen LogP contribution in [0.1, 0.15) is 0 Å². The molecule has 248 valence electrons. The first-order chi connectivity index (χ1) is 26.2. The molecule has 3 nitrogen and oxygen atoms in total. The van der Waals surface area contributed by atoms with Gasteiger partial charge in [-0.3, -0.25) is 4.98 Å². The van der Waals surface area contributed by atoms with E-state index in [-0.39, 0.29) is 0 Å². The van der Waals surface area contributed by atoms with Crippen LogP contribution in [-0.4, -0.2) is 15.0 Å². The van der Waals surface area contributed by atoms with Gasteiger partial charge < -0.3 is 0 Å². The summed E-state index contributed by atoms with van der Waals surface area (Å²) in [6, 6.07) is 64.0. The second-order valence-electron chi connectivity index (χ2n) is 13.2. The summed E-state index contributed by atoms with van der Waals surface area (Å²) in [4.78, 5) is 17.6. The molecule has 0 N–H and O–H groups in total. The Bertz CT molecular complexity index is 2760. The summed E-state index contributed by atoms with van der Waals surface area (Å²) in [6.45, 7) is 0. The summed E-state index contributed by atoms with van der Waals surface area (Å²) < 4.78 is 0. The van der Waals surface area contributed by atoms with Crippen LogP contribution in [0, 0.1) is 0 Å². The van der Waals surface area contributed by atoms with E-state index in [1.807, 2.05) is 42.2 Å². The van der Waals surface area contributed by atoms with Gasteiger partial charge >= 0.3 is 0 Å². The SMILES string of the molecule is c1ccc(-c2ccc(-c3cc(-c4ccccc4)nc(-c4ccc(-c5ccc(-c6cnc7cccc8c7c6-c6ccccc6S8)cc5)cc4)n3)cc2)cc1. The summed E-state index contributed by atoms with van der Waals surface area (Å²) in [7, 11) is 0. The predicted octanol–water partition coefficient (Wildman–Crippen LogP) is 13.2. The van der Waals surface area contributed by atoms with Crippen LogP contribution in [0.3, 0.4) is 0 Å². The number of benzene rings is 7. The molecule has 0 spiro atoms. The molecule has 0 unspecified atom stereocenters. The molecule has 10 rings (SSSR count). The third kappa shape index (κ3) is 5.80. The average Bonchev–Trinajstić information content (AvgIpc) is 3.24. The monoisotopic (exact) mass is 693 g/mol. The molecule has 0 bridgehead atoms. The molecule has 0 saturated heterocycles. The molecule has 0 atom stereocenters. The zero-order valence-electron chi connectivity index (χ0n) is 28.6. The Kier molecular flexibility index (Phi) is 7.74. The van der Waals surface area contributed by atoms with Crippen LogP contribution in [0.5, 0.6) is 0 Å². The highest BCUT2D eigenvalue weighted by Crippen LogP contribution is 2.50. The maximum atomic E-state index is 5.10. The van der Waals surface area contributed by atoms with Crippen LogP contribution >= 0.6 is 11.8 Å². The highest BCUT2D eigenvalue weighted by Gasteiger charge is 2.23. The minimum absolute atomic E-state index is 0.700. The summed E-state index contributed by atoms with van der Waals surface area (Å²) in [5.74, 6) is 0.700. The highest BCUT2D eigenvalue weighted by molar-refractivity contribution is 7.99. The molecule has 0 amide bonds. The van der Waals surface area contributed by atoms with E-state index in [0.29, 0.717) is 5.82 Å². The molecular formula is C49H31N3S. The average molecular weight is 694 g/mol. The van der Waals surface area contributed by atoms with E-state index < -0.39 is 0 Å². The zero-order chi connectivity index (χ0) is 35.1. The third-order valence-electron chi connectivity index (χ3n) is 9.99. The predicted molar refractivity (Wildman–Crippen MR) is 220 cm³/mol. The van der Waals surface area contributed by atoms with Crippen LogP contribution < -0.4 is 0 Å². The molecule has 0 radical (unpaired) electrons. The number of hydrogen-bond donors (Lipinski definition) is 0. The second-order valence-corrected chi connectivity index (χ2v) is 14.3. The highest BCUT2D eigenvalue weighted by atomic mass is 32.2. The van der Waals surface area contributed by atoms with Crippen LogP contribution in [-0.2, 0) is 0 Å². The molecule has 0 aliphatic carbocycles. The number of rotatable bonds is 6. The molecule has 2 aromatic heterocycles. The largest absolute Gasteiger partial charge is 0.256 e. The van der Waals surface area contributed by atoms with E-state index in [4.69, 9.17) is 15.0 Å². The number of fused-ring (bicyclic) bond motifs is 2. The molecule has 4 heteroatoms. The topological polar surface area (TPSA) is 38.7 Å². The Morgan fingerprint density at radius 2 is 0.849 bits per heavy atom. The van der Waals surface area contributed by atoms with E-state index in [2.05, 4.69) is 158 Å². The Labute approximate surface area is 312 Å². The van der Waals surface area contributed by atoms with Gasteiger partial charge in [-0.25, -0.2) is 9.97 Å². The second kappa shape index (κ2) is 13.2. The van der Waals surface area contributed by atoms with Crippen molar-refractivity contribution in [1.82, 2.24) is 15.0 Å². The molecular weight excluding hydrogens is 663 g/mol. The summed E-state index contributed by atoms with van der Waals surface area (Å²) in [6.07, 6.45) is 2.04. The van der Waals surface area contributed by atoms with E-state index in [1.54, 1.807) is 0 Å². The smallest absolute Gasteiger partial charge is 0.160 e. The fourth-order valence-corrected chi connectivity index (χ4v) is 8.39. The lowest BCUT2D eigenvalue weighted by Crippen LogP contribution is -1.97. The first-order valence-electron chi connectivity index (χ1n) is 17.8. The van der Waals surface area contributed by atoms with Gasteiger partial charge in [-0.1, -0.05) is 169 Å². The van der Waals surface area contributed by atoms with E-state index in [1.165, 1.54) is 37.4 Å². The molecule has 9 aromatic rings. The lowest BCUT2D eigenvalue weighted by Gasteiger charge is -2.22. The molecule has 7 aromatic carbocycles. The van der Waals surface area contributed by atoms with Gasteiger partial charge in [0.2, 0.25) is 0 Å². The van der Waals surface area contributed by atoms with Crippen molar-refractivity contribution >= 4 is 22.7 Å². The lowest BCUT2D eigenvalue weighted by molar-refractivity contribution is 1.18. The maximum absolute atomic E-state index is 5.10. The number of hydrogen-bond acceptors (Lipinski definition) is 4. The molecule has 1 aliphatic heterocycles. The van der Waals surface area contributed by atoms with Crippen LogP contribution in [0.25, 0.3) is 89.3 Å². The van der Waals surface area contributed by atoms with Crippen LogP contribution in [0.2, 0.25) is 0 Å². The Hall–Kier alpha value is -6.62. The van der Waals surface area contributed by atoms with Crippen molar-refractivity contribution in [3.05, 3.63) is 188 Å². The fourth-order valence-electron chi connectivity index (χ4n) is 7.28. The summed E-state index contributed by atoms with van der Waals surface area (Å²) in [5.41, 5.74) is 15.4. The Morgan fingerprint density at radius 1 is 0.358 bits per heavy atom. The molecule has 1 aliphatic rings. The van der Waals surface area contributed by atoms with E-state index in [0.717, 1.165) is 55.8 Å². The quantitative estimate of drug-likeness (QED) is 0.174. The van der Waals surface area contributed by atoms with Crippen LogP contribution in [0.4, 0.5) is 0 Å². The normalized spacial score (nSPS) is 11.7. The van der Waals surface area contributed by atoms with Crippen molar-refractivity contribution < 1.29 is 0 Å². The van der Waals surface area contributed by atoms with Crippen LogP contribution in [0.15, 0.2) is 198 Å². The molecule has 0 fully saturated rings. The van der Waals surface area contributed by atoms with Crippen molar-refractivity contribution in [2.75, 3.05) is 0 Å². The van der Waals surface area contributed by atoms with Gasteiger partial charge in [0.15, 0.2) is 5.82 Å². The fraction of sp³-hybridized carbons (Fsp3) is 0. The first kappa shape index (κ1) is 31.1. The summed E-state index contributed by atoms with van der Waals surface area (Å²) >= 11 is 1.83. The van der Waals surface area contributed by atoms with Gasteiger partial charge in [-0.2, -0.15) is 0 Å². The molecule has 53 heavy (non-hydrogen) atoms. The van der Waals surface area contributed by atoms with Crippen molar-refractivity contribution in [2.24, 2.45) is 0 Å². The van der Waals surface area contributed by atoms with E-state index >= 15 is 0 Å². The van der Waals surface area contributed by atoms with Crippen molar-refractivity contribution in [3.63, 3.8) is 0 Å². The molecule has 3 heterocycles. The van der Waals surface area contributed by atoms with Gasteiger partial charge in [0, 0.05) is 49.2 Å². The number of aromatic nitrogens is 3.